The molecule has 0 N–H and O–H groups in total. The second-order valence-electron chi connectivity index (χ2n) is 4.12. The Labute approximate surface area is 83.9 Å². The summed E-state index contributed by atoms with van der Waals surface area (Å²) in [6, 6.07) is 0. The molecule has 0 fully saturated rings. The summed E-state index contributed by atoms with van der Waals surface area (Å²) in [6.45, 7) is 8.34. The van der Waals surface area contributed by atoms with Crippen LogP contribution in [0.2, 0.25) is 0 Å². The first-order valence-electron chi connectivity index (χ1n) is 4.67. The van der Waals surface area contributed by atoms with Crippen molar-refractivity contribution in [1.82, 2.24) is 9.78 Å². The highest BCUT2D eigenvalue weighted by molar-refractivity contribution is 5.69. The Bertz CT molecular complexity index is 323. The quantitative estimate of drug-likeness (QED) is 0.691. The normalized spacial score (nSPS) is 11.4. The average molecular weight is 196 g/mol. The number of ether oxygens (including phenoxy) is 1. The van der Waals surface area contributed by atoms with Crippen molar-refractivity contribution in [3.63, 3.8) is 0 Å². The van der Waals surface area contributed by atoms with Crippen molar-refractivity contribution in [2.45, 2.75) is 33.1 Å². The molecule has 4 nitrogen and oxygen atoms in total. The van der Waals surface area contributed by atoms with Gasteiger partial charge in [0.15, 0.2) is 0 Å². The maximum absolute atomic E-state index is 11.3. The van der Waals surface area contributed by atoms with Gasteiger partial charge in [-0.25, -0.2) is 4.79 Å². The van der Waals surface area contributed by atoms with Crippen LogP contribution in [-0.4, -0.2) is 22.5 Å². The Kier molecular flexibility index (Phi) is 2.93. The van der Waals surface area contributed by atoms with E-state index in [4.69, 9.17) is 4.74 Å². The average Bonchev–Trinajstić information content (AvgIpc) is 2.51. The molecule has 0 unspecified atom stereocenters. The van der Waals surface area contributed by atoms with Crippen molar-refractivity contribution < 1.29 is 9.53 Å². The third-order valence-corrected chi connectivity index (χ3v) is 1.90. The van der Waals surface area contributed by atoms with Gasteiger partial charge in [-0.3, -0.25) is 0 Å². The van der Waals surface area contributed by atoms with E-state index in [1.807, 2.05) is 0 Å². The van der Waals surface area contributed by atoms with Gasteiger partial charge in [-0.2, -0.15) is 9.78 Å². The Morgan fingerprint density at radius 3 is 2.64 bits per heavy atom. The number of nitrogens with zero attached hydrogens (tertiary/aromatic N) is 2. The molecule has 1 heterocycles. The maximum atomic E-state index is 11.3. The molecule has 0 aliphatic heterocycles. The SMILES string of the molecule is CCOC(=O)n1cc(C(C)(C)C)cn1. The summed E-state index contributed by atoms with van der Waals surface area (Å²) in [5.74, 6) is 0. The van der Waals surface area contributed by atoms with Gasteiger partial charge in [0.05, 0.1) is 12.8 Å². The van der Waals surface area contributed by atoms with Crippen LogP contribution >= 0.6 is 0 Å². The van der Waals surface area contributed by atoms with Gasteiger partial charge >= 0.3 is 6.09 Å². The van der Waals surface area contributed by atoms with E-state index in [0.29, 0.717) is 6.61 Å². The number of hydrogen-bond acceptors (Lipinski definition) is 3. The number of aromatic nitrogens is 2. The Hall–Kier alpha value is -1.32. The van der Waals surface area contributed by atoms with Crippen molar-refractivity contribution in [3.05, 3.63) is 18.0 Å². The Morgan fingerprint density at radius 1 is 1.57 bits per heavy atom. The summed E-state index contributed by atoms with van der Waals surface area (Å²) < 4.78 is 6.04. The first-order valence-corrected chi connectivity index (χ1v) is 4.67. The minimum atomic E-state index is -0.428. The van der Waals surface area contributed by atoms with Gasteiger partial charge in [-0.05, 0) is 17.9 Å². The van der Waals surface area contributed by atoms with E-state index in [0.717, 1.165) is 5.56 Å². The molecular weight excluding hydrogens is 180 g/mol. The summed E-state index contributed by atoms with van der Waals surface area (Å²) in [4.78, 5) is 11.3. The third kappa shape index (κ3) is 2.34. The molecule has 1 rings (SSSR count). The second kappa shape index (κ2) is 3.82. The summed E-state index contributed by atoms with van der Waals surface area (Å²) in [7, 11) is 0. The molecule has 0 spiro atoms. The highest BCUT2D eigenvalue weighted by Gasteiger charge is 2.17. The number of carbonyl (C=O) groups excluding carboxylic acids is 1. The third-order valence-electron chi connectivity index (χ3n) is 1.90. The van der Waals surface area contributed by atoms with Gasteiger partial charge < -0.3 is 4.74 Å². The molecule has 78 valence electrons. The molecule has 1 aromatic rings. The smallest absolute Gasteiger partial charge is 0.434 e. The van der Waals surface area contributed by atoms with Crippen LogP contribution in [0.1, 0.15) is 33.3 Å². The van der Waals surface area contributed by atoms with Crippen molar-refractivity contribution in [3.8, 4) is 0 Å². The molecule has 0 saturated heterocycles. The Balaban J connectivity index is 2.83. The van der Waals surface area contributed by atoms with Crippen LogP contribution in [0.25, 0.3) is 0 Å². The van der Waals surface area contributed by atoms with Crippen LogP contribution in [0.4, 0.5) is 4.79 Å². The number of rotatable bonds is 1. The lowest BCUT2D eigenvalue weighted by Gasteiger charge is -2.14. The lowest BCUT2D eigenvalue weighted by molar-refractivity contribution is 0.150. The monoisotopic (exact) mass is 196 g/mol. The van der Waals surface area contributed by atoms with Gasteiger partial charge in [-0.1, -0.05) is 20.8 Å². The highest BCUT2D eigenvalue weighted by Crippen LogP contribution is 2.20. The van der Waals surface area contributed by atoms with Crippen LogP contribution in [0, 0.1) is 0 Å². The zero-order valence-corrected chi connectivity index (χ0v) is 9.07. The van der Waals surface area contributed by atoms with E-state index in [2.05, 4.69) is 25.9 Å². The topological polar surface area (TPSA) is 44.1 Å². The first kappa shape index (κ1) is 10.8. The largest absolute Gasteiger partial charge is 0.448 e. The molecule has 0 atom stereocenters. The number of hydrogen-bond donors (Lipinski definition) is 0. The molecular formula is C10H16N2O2. The van der Waals surface area contributed by atoms with E-state index >= 15 is 0 Å². The summed E-state index contributed by atoms with van der Waals surface area (Å²) in [6.07, 6.45) is 2.97. The van der Waals surface area contributed by atoms with Crippen molar-refractivity contribution in [1.29, 1.82) is 0 Å². The zero-order chi connectivity index (χ0) is 10.8. The van der Waals surface area contributed by atoms with Crippen molar-refractivity contribution in [2.24, 2.45) is 0 Å². The standard InChI is InChI=1S/C10H16N2O2/c1-5-14-9(13)12-7-8(6-11-12)10(2,3)4/h6-7H,5H2,1-4H3. The van der Waals surface area contributed by atoms with Gasteiger partial charge in [0, 0.05) is 6.20 Å². The van der Waals surface area contributed by atoms with Crippen LogP contribution in [0.15, 0.2) is 12.4 Å². The lowest BCUT2D eigenvalue weighted by atomic mass is 9.90. The first-order chi connectivity index (χ1) is 6.45. The fourth-order valence-electron chi connectivity index (χ4n) is 1.000. The molecule has 0 aliphatic carbocycles. The zero-order valence-electron chi connectivity index (χ0n) is 9.07. The van der Waals surface area contributed by atoms with E-state index in [1.165, 1.54) is 4.68 Å². The van der Waals surface area contributed by atoms with Crippen LogP contribution in [0.3, 0.4) is 0 Å². The fourth-order valence-corrected chi connectivity index (χ4v) is 1.000. The molecule has 0 amide bonds. The highest BCUT2D eigenvalue weighted by atomic mass is 16.5. The van der Waals surface area contributed by atoms with Crippen molar-refractivity contribution in [2.75, 3.05) is 6.61 Å². The van der Waals surface area contributed by atoms with Gasteiger partial charge in [0.25, 0.3) is 0 Å². The van der Waals surface area contributed by atoms with Gasteiger partial charge in [0.1, 0.15) is 0 Å². The van der Waals surface area contributed by atoms with E-state index in [-0.39, 0.29) is 5.41 Å². The van der Waals surface area contributed by atoms with E-state index < -0.39 is 6.09 Å². The predicted molar refractivity (Wildman–Crippen MR) is 53.3 cm³/mol. The molecule has 0 saturated carbocycles. The Morgan fingerprint density at radius 2 is 2.21 bits per heavy atom. The molecule has 1 aromatic heterocycles. The van der Waals surface area contributed by atoms with Gasteiger partial charge in [0.2, 0.25) is 0 Å². The van der Waals surface area contributed by atoms with Crippen molar-refractivity contribution >= 4 is 6.09 Å². The number of carbonyl (C=O) groups is 1. The van der Waals surface area contributed by atoms with Crippen LogP contribution in [-0.2, 0) is 10.2 Å². The van der Waals surface area contributed by atoms with E-state index in [9.17, 15) is 4.79 Å². The van der Waals surface area contributed by atoms with Crippen LogP contribution in [0.5, 0.6) is 0 Å². The van der Waals surface area contributed by atoms with Crippen LogP contribution < -0.4 is 0 Å². The molecule has 14 heavy (non-hydrogen) atoms. The molecule has 0 aromatic carbocycles. The second-order valence-corrected chi connectivity index (χ2v) is 4.12. The molecule has 4 heteroatoms. The minimum Gasteiger partial charge on any atom is -0.448 e. The minimum absolute atomic E-state index is 0.00471. The van der Waals surface area contributed by atoms with E-state index in [1.54, 1.807) is 19.3 Å². The lowest BCUT2D eigenvalue weighted by Crippen LogP contribution is -2.14. The summed E-state index contributed by atoms with van der Waals surface area (Å²) >= 11 is 0. The molecule has 0 aliphatic rings. The molecule has 0 bridgehead atoms. The maximum Gasteiger partial charge on any atom is 0.434 e. The predicted octanol–water partition coefficient (Wildman–Crippen LogP) is 2.19. The molecule has 0 radical (unpaired) electrons. The fraction of sp³-hybridized carbons (Fsp3) is 0.600. The summed E-state index contributed by atoms with van der Waals surface area (Å²) in [5, 5.41) is 3.94. The summed E-state index contributed by atoms with van der Waals surface area (Å²) in [5.41, 5.74) is 1.02. The van der Waals surface area contributed by atoms with Gasteiger partial charge in [-0.15, -0.1) is 0 Å².